The number of Topliss-reactive ketones (excluding diaryl/α,β-unsaturated/α-hetero) is 1. The molecule has 1 saturated carbocycles. The van der Waals surface area contributed by atoms with E-state index in [2.05, 4.69) is 0 Å². The van der Waals surface area contributed by atoms with Crippen LogP contribution in [0.1, 0.15) is 46.0 Å². The SMILES string of the molecule is CC(=O)OCC1(C(C)=O)CCCCC1. The molecule has 1 aliphatic rings. The van der Waals surface area contributed by atoms with E-state index in [9.17, 15) is 9.59 Å². The second-order valence-electron chi connectivity index (χ2n) is 4.18. The quantitative estimate of drug-likeness (QED) is 0.652. The van der Waals surface area contributed by atoms with Crippen molar-refractivity contribution in [3.8, 4) is 0 Å². The Balaban J connectivity index is 2.60. The van der Waals surface area contributed by atoms with Crippen molar-refractivity contribution in [1.82, 2.24) is 0 Å². The molecule has 1 rings (SSSR count). The number of carbonyl (C=O) groups is 2. The number of ketones is 1. The van der Waals surface area contributed by atoms with Crippen molar-refractivity contribution in [3.05, 3.63) is 0 Å². The molecule has 0 N–H and O–H groups in total. The van der Waals surface area contributed by atoms with Crippen LogP contribution in [0.4, 0.5) is 0 Å². The molecule has 80 valence electrons. The van der Waals surface area contributed by atoms with Crippen LogP contribution in [-0.4, -0.2) is 18.4 Å². The molecular formula is C11H18O3. The first-order valence-electron chi connectivity index (χ1n) is 5.21. The fourth-order valence-electron chi connectivity index (χ4n) is 2.07. The molecule has 3 nitrogen and oxygen atoms in total. The van der Waals surface area contributed by atoms with Gasteiger partial charge < -0.3 is 4.74 Å². The van der Waals surface area contributed by atoms with E-state index in [1.807, 2.05) is 0 Å². The topological polar surface area (TPSA) is 43.4 Å². The minimum atomic E-state index is -0.371. The third-order valence-electron chi connectivity index (χ3n) is 3.11. The number of carbonyl (C=O) groups excluding carboxylic acids is 2. The molecule has 0 bridgehead atoms. The number of hydrogen-bond acceptors (Lipinski definition) is 3. The molecule has 14 heavy (non-hydrogen) atoms. The Morgan fingerprint density at radius 3 is 2.14 bits per heavy atom. The molecule has 0 heterocycles. The smallest absolute Gasteiger partial charge is 0.302 e. The normalized spacial score (nSPS) is 20.1. The Bertz CT molecular complexity index is 227. The van der Waals surface area contributed by atoms with Crippen molar-refractivity contribution in [2.24, 2.45) is 5.41 Å². The summed E-state index contributed by atoms with van der Waals surface area (Å²) in [5.41, 5.74) is -0.371. The van der Waals surface area contributed by atoms with Crippen LogP contribution in [0, 0.1) is 5.41 Å². The van der Waals surface area contributed by atoms with Crippen LogP contribution >= 0.6 is 0 Å². The Morgan fingerprint density at radius 2 is 1.71 bits per heavy atom. The van der Waals surface area contributed by atoms with Gasteiger partial charge >= 0.3 is 5.97 Å². The molecular weight excluding hydrogens is 180 g/mol. The maximum Gasteiger partial charge on any atom is 0.302 e. The number of rotatable bonds is 3. The Kier molecular flexibility index (Phi) is 3.67. The van der Waals surface area contributed by atoms with Gasteiger partial charge in [0.15, 0.2) is 0 Å². The van der Waals surface area contributed by atoms with Gasteiger partial charge in [-0.1, -0.05) is 19.3 Å². The maximum atomic E-state index is 11.5. The van der Waals surface area contributed by atoms with Gasteiger partial charge in [-0.25, -0.2) is 0 Å². The molecule has 0 aliphatic heterocycles. The zero-order valence-electron chi connectivity index (χ0n) is 8.97. The minimum Gasteiger partial charge on any atom is -0.465 e. The summed E-state index contributed by atoms with van der Waals surface area (Å²) in [6.45, 7) is 3.27. The van der Waals surface area contributed by atoms with E-state index in [0.29, 0.717) is 0 Å². The summed E-state index contributed by atoms with van der Waals surface area (Å²) >= 11 is 0. The van der Waals surface area contributed by atoms with Crippen molar-refractivity contribution in [2.75, 3.05) is 6.61 Å². The van der Waals surface area contributed by atoms with Gasteiger partial charge in [0.05, 0.1) is 5.41 Å². The van der Waals surface area contributed by atoms with Crippen molar-refractivity contribution < 1.29 is 14.3 Å². The molecule has 0 radical (unpaired) electrons. The molecule has 0 spiro atoms. The zero-order chi connectivity index (χ0) is 10.6. The first-order chi connectivity index (χ1) is 6.57. The summed E-state index contributed by atoms with van der Waals surface area (Å²) in [6, 6.07) is 0. The lowest BCUT2D eigenvalue weighted by molar-refractivity contribution is -0.149. The summed E-state index contributed by atoms with van der Waals surface area (Å²) in [6.07, 6.45) is 5.07. The fourth-order valence-corrected chi connectivity index (χ4v) is 2.07. The zero-order valence-corrected chi connectivity index (χ0v) is 8.97. The molecule has 0 saturated heterocycles. The summed E-state index contributed by atoms with van der Waals surface area (Å²) < 4.78 is 4.99. The number of hydrogen-bond donors (Lipinski definition) is 0. The van der Waals surface area contributed by atoms with Gasteiger partial charge in [-0.05, 0) is 19.8 Å². The van der Waals surface area contributed by atoms with E-state index < -0.39 is 0 Å². The lowest BCUT2D eigenvalue weighted by atomic mass is 9.72. The summed E-state index contributed by atoms with van der Waals surface area (Å²) in [4.78, 5) is 22.3. The first-order valence-corrected chi connectivity index (χ1v) is 5.21. The third-order valence-corrected chi connectivity index (χ3v) is 3.11. The van der Waals surface area contributed by atoms with Crippen molar-refractivity contribution in [2.45, 2.75) is 46.0 Å². The minimum absolute atomic E-state index is 0.165. The van der Waals surface area contributed by atoms with Gasteiger partial charge in [-0.2, -0.15) is 0 Å². The van der Waals surface area contributed by atoms with Gasteiger partial charge in [0.1, 0.15) is 12.4 Å². The summed E-state index contributed by atoms with van der Waals surface area (Å²) in [7, 11) is 0. The van der Waals surface area contributed by atoms with Gasteiger partial charge in [0, 0.05) is 6.92 Å². The highest BCUT2D eigenvalue weighted by atomic mass is 16.5. The Hall–Kier alpha value is -0.860. The van der Waals surface area contributed by atoms with E-state index in [0.717, 1.165) is 25.7 Å². The van der Waals surface area contributed by atoms with Crippen LogP contribution in [0.15, 0.2) is 0 Å². The second kappa shape index (κ2) is 4.58. The van der Waals surface area contributed by atoms with Crippen LogP contribution in [0.2, 0.25) is 0 Å². The van der Waals surface area contributed by atoms with Gasteiger partial charge in [-0.3, -0.25) is 9.59 Å². The molecule has 0 atom stereocenters. The molecule has 0 aromatic rings. The van der Waals surface area contributed by atoms with Gasteiger partial charge in [-0.15, -0.1) is 0 Å². The Morgan fingerprint density at radius 1 is 1.14 bits per heavy atom. The average Bonchev–Trinajstić information content (AvgIpc) is 2.16. The molecule has 0 aromatic carbocycles. The standard InChI is InChI=1S/C11H18O3/c1-9(12)11(8-14-10(2)13)6-4-3-5-7-11/h3-8H2,1-2H3. The van der Waals surface area contributed by atoms with E-state index in [1.54, 1.807) is 6.92 Å². The largest absolute Gasteiger partial charge is 0.465 e. The highest BCUT2D eigenvalue weighted by Crippen LogP contribution is 2.37. The monoisotopic (exact) mass is 198 g/mol. The second-order valence-corrected chi connectivity index (χ2v) is 4.18. The molecule has 0 amide bonds. The number of esters is 1. The van der Waals surface area contributed by atoms with E-state index in [-0.39, 0.29) is 23.8 Å². The van der Waals surface area contributed by atoms with E-state index >= 15 is 0 Å². The average molecular weight is 198 g/mol. The predicted molar refractivity (Wildman–Crippen MR) is 52.8 cm³/mol. The van der Waals surface area contributed by atoms with Gasteiger partial charge in [0.25, 0.3) is 0 Å². The van der Waals surface area contributed by atoms with Gasteiger partial charge in [0.2, 0.25) is 0 Å². The summed E-state index contributed by atoms with van der Waals surface area (Å²) in [5, 5.41) is 0. The predicted octanol–water partition coefficient (Wildman–Crippen LogP) is 2.09. The maximum absolute atomic E-state index is 11.5. The van der Waals surface area contributed by atoms with Crippen LogP contribution < -0.4 is 0 Å². The van der Waals surface area contributed by atoms with Crippen LogP contribution in [0.25, 0.3) is 0 Å². The van der Waals surface area contributed by atoms with Crippen molar-refractivity contribution in [1.29, 1.82) is 0 Å². The molecule has 0 unspecified atom stereocenters. The van der Waals surface area contributed by atoms with Crippen molar-refractivity contribution in [3.63, 3.8) is 0 Å². The summed E-state index contributed by atoms with van der Waals surface area (Å²) in [5.74, 6) is -0.130. The number of ether oxygens (including phenoxy) is 1. The molecule has 1 aliphatic carbocycles. The first kappa shape index (κ1) is 11.2. The lowest BCUT2D eigenvalue weighted by Crippen LogP contribution is -2.37. The molecule has 3 heteroatoms. The highest BCUT2D eigenvalue weighted by Gasteiger charge is 2.37. The highest BCUT2D eigenvalue weighted by molar-refractivity contribution is 5.83. The Labute approximate surface area is 84.8 Å². The van der Waals surface area contributed by atoms with Crippen LogP contribution in [-0.2, 0) is 14.3 Å². The van der Waals surface area contributed by atoms with Crippen LogP contribution in [0.3, 0.4) is 0 Å². The fraction of sp³-hybridized carbons (Fsp3) is 0.818. The van der Waals surface area contributed by atoms with Crippen LogP contribution in [0.5, 0.6) is 0 Å². The van der Waals surface area contributed by atoms with E-state index in [1.165, 1.54) is 13.3 Å². The molecule has 1 fully saturated rings. The lowest BCUT2D eigenvalue weighted by Gasteiger charge is -2.34. The van der Waals surface area contributed by atoms with Crippen molar-refractivity contribution >= 4 is 11.8 Å². The third kappa shape index (κ3) is 2.56. The van der Waals surface area contributed by atoms with E-state index in [4.69, 9.17) is 4.74 Å². The molecule has 0 aromatic heterocycles.